The van der Waals surface area contributed by atoms with Crippen LogP contribution in [0.3, 0.4) is 0 Å². The van der Waals surface area contributed by atoms with E-state index in [1.165, 1.54) is 36.9 Å². The lowest BCUT2D eigenvalue weighted by Crippen LogP contribution is -2.30. The molecule has 0 radical (unpaired) electrons. The third kappa shape index (κ3) is 1.89. The predicted molar refractivity (Wildman–Crippen MR) is 71.2 cm³/mol. The van der Waals surface area contributed by atoms with E-state index in [2.05, 4.69) is 11.4 Å². The first-order valence-electron chi connectivity index (χ1n) is 6.41. The third-order valence-corrected chi connectivity index (χ3v) is 4.48. The minimum absolute atomic E-state index is 0.700. The van der Waals surface area contributed by atoms with Crippen LogP contribution in [0.1, 0.15) is 37.2 Å². The standard InChI is InChI=1S/C14H18ClNO/c1-17-14-6-11-10-5-3-2-4-9(10)8-16-13(11)7-12(14)15/h6-7,9-10,16H,2-5,8H2,1H3. The molecular formula is C14H18ClNO. The second-order valence-corrected chi connectivity index (χ2v) is 5.51. The summed E-state index contributed by atoms with van der Waals surface area (Å²) >= 11 is 6.17. The molecule has 2 nitrogen and oxygen atoms in total. The molecule has 1 aliphatic heterocycles. The summed E-state index contributed by atoms with van der Waals surface area (Å²) in [5.41, 5.74) is 2.61. The van der Waals surface area contributed by atoms with Crippen molar-refractivity contribution in [2.45, 2.75) is 31.6 Å². The molecular weight excluding hydrogens is 234 g/mol. The first-order valence-corrected chi connectivity index (χ1v) is 6.78. The lowest BCUT2D eigenvalue weighted by Gasteiger charge is -2.38. The third-order valence-electron chi connectivity index (χ3n) is 4.19. The van der Waals surface area contributed by atoms with Gasteiger partial charge in [-0.25, -0.2) is 0 Å². The number of hydrogen-bond acceptors (Lipinski definition) is 2. The molecule has 17 heavy (non-hydrogen) atoms. The van der Waals surface area contributed by atoms with Gasteiger partial charge in [0, 0.05) is 12.2 Å². The summed E-state index contributed by atoms with van der Waals surface area (Å²) in [5.74, 6) is 2.30. The number of anilines is 1. The Morgan fingerprint density at radius 3 is 2.94 bits per heavy atom. The summed E-state index contributed by atoms with van der Waals surface area (Å²) in [6, 6.07) is 4.15. The second-order valence-electron chi connectivity index (χ2n) is 5.11. The molecule has 0 amide bonds. The number of hydrogen-bond donors (Lipinski definition) is 1. The fourth-order valence-corrected chi connectivity index (χ4v) is 3.53. The quantitative estimate of drug-likeness (QED) is 0.813. The lowest BCUT2D eigenvalue weighted by atomic mass is 9.73. The van der Waals surface area contributed by atoms with Crippen LogP contribution in [0, 0.1) is 5.92 Å². The van der Waals surface area contributed by atoms with Crippen LogP contribution in [-0.4, -0.2) is 13.7 Å². The molecule has 0 spiro atoms. The van der Waals surface area contributed by atoms with Crippen LogP contribution >= 0.6 is 11.6 Å². The van der Waals surface area contributed by atoms with Crippen molar-refractivity contribution in [1.82, 2.24) is 0 Å². The molecule has 0 aromatic heterocycles. The zero-order chi connectivity index (χ0) is 11.8. The lowest BCUT2D eigenvalue weighted by molar-refractivity contribution is 0.312. The van der Waals surface area contributed by atoms with E-state index in [-0.39, 0.29) is 0 Å². The Balaban J connectivity index is 2.02. The van der Waals surface area contributed by atoms with Gasteiger partial charge < -0.3 is 10.1 Å². The van der Waals surface area contributed by atoms with Crippen LogP contribution in [0.15, 0.2) is 12.1 Å². The Morgan fingerprint density at radius 2 is 2.12 bits per heavy atom. The van der Waals surface area contributed by atoms with Crippen molar-refractivity contribution in [2.75, 3.05) is 19.0 Å². The van der Waals surface area contributed by atoms with Crippen LogP contribution in [0.5, 0.6) is 5.75 Å². The molecule has 1 N–H and O–H groups in total. The Kier molecular flexibility index (Phi) is 2.91. The van der Waals surface area contributed by atoms with E-state index in [9.17, 15) is 0 Å². The fourth-order valence-electron chi connectivity index (χ4n) is 3.29. The Labute approximate surface area is 107 Å². The maximum absolute atomic E-state index is 6.17. The highest BCUT2D eigenvalue weighted by molar-refractivity contribution is 6.32. The summed E-state index contributed by atoms with van der Waals surface area (Å²) in [7, 11) is 1.68. The van der Waals surface area contributed by atoms with Gasteiger partial charge in [-0.1, -0.05) is 24.4 Å². The summed E-state index contributed by atoms with van der Waals surface area (Å²) < 4.78 is 5.33. The average molecular weight is 252 g/mol. The normalized spacial score (nSPS) is 26.7. The van der Waals surface area contributed by atoms with Crippen LogP contribution in [0.4, 0.5) is 5.69 Å². The topological polar surface area (TPSA) is 21.3 Å². The SMILES string of the molecule is COc1cc2c(cc1Cl)NCC1CCCCC21. The molecule has 92 valence electrons. The monoisotopic (exact) mass is 251 g/mol. The van der Waals surface area contributed by atoms with Gasteiger partial charge >= 0.3 is 0 Å². The van der Waals surface area contributed by atoms with Crippen molar-refractivity contribution in [3.63, 3.8) is 0 Å². The predicted octanol–water partition coefficient (Wildman–Crippen LogP) is 4.05. The minimum atomic E-state index is 0.700. The van der Waals surface area contributed by atoms with E-state index >= 15 is 0 Å². The largest absolute Gasteiger partial charge is 0.495 e. The molecule has 1 saturated carbocycles. The van der Waals surface area contributed by atoms with E-state index in [1.807, 2.05) is 6.07 Å². The van der Waals surface area contributed by atoms with Gasteiger partial charge in [0.25, 0.3) is 0 Å². The molecule has 2 aliphatic rings. The summed E-state index contributed by atoms with van der Waals surface area (Å²) in [5, 5.41) is 4.22. The van der Waals surface area contributed by atoms with Gasteiger partial charge in [0.2, 0.25) is 0 Å². The van der Waals surface area contributed by atoms with E-state index in [1.54, 1.807) is 7.11 Å². The minimum Gasteiger partial charge on any atom is -0.495 e. The molecule has 0 bridgehead atoms. The summed E-state index contributed by atoms with van der Waals surface area (Å²) in [4.78, 5) is 0. The first-order chi connectivity index (χ1) is 8.29. The second kappa shape index (κ2) is 4.41. The number of ether oxygens (including phenoxy) is 1. The van der Waals surface area contributed by atoms with Crippen molar-refractivity contribution < 1.29 is 4.74 Å². The Bertz CT molecular complexity index is 432. The number of fused-ring (bicyclic) bond motifs is 3. The highest BCUT2D eigenvalue weighted by Gasteiger charge is 2.32. The Morgan fingerprint density at radius 1 is 1.29 bits per heavy atom. The van der Waals surface area contributed by atoms with Crippen molar-refractivity contribution >= 4 is 17.3 Å². The van der Waals surface area contributed by atoms with Gasteiger partial charge in [0.05, 0.1) is 12.1 Å². The van der Waals surface area contributed by atoms with Crippen LogP contribution in [0.25, 0.3) is 0 Å². The molecule has 1 aromatic rings. The van der Waals surface area contributed by atoms with Crippen LogP contribution in [-0.2, 0) is 0 Å². The fraction of sp³-hybridized carbons (Fsp3) is 0.571. The molecule has 1 aromatic carbocycles. The smallest absolute Gasteiger partial charge is 0.137 e. The van der Waals surface area contributed by atoms with Gasteiger partial charge in [0.1, 0.15) is 5.75 Å². The number of rotatable bonds is 1. The first kappa shape index (κ1) is 11.2. The molecule has 0 saturated heterocycles. The molecule has 1 aliphatic carbocycles. The van der Waals surface area contributed by atoms with Crippen LogP contribution < -0.4 is 10.1 Å². The molecule has 1 fully saturated rings. The average Bonchev–Trinajstić information content (AvgIpc) is 2.37. The van der Waals surface area contributed by atoms with Crippen molar-refractivity contribution in [1.29, 1.82) is 0 Å². The van der Waals surface area contributed by atoms with Gasteiger partial charge in [-0.05, 0) is 42.4 Å². The summed E-state index contributed by atoms with van der Waals surface area (Å²) in [6.07, 6.45) is 5.39. The van der Waals surface area contributed by atoms with Crippen LogP contribution in [0.2, 0.25) is 5.02 Å². The number of nitrogens with one attached hydrogen (secondary N) is 1. The van der Waals surface area contributed by atoms with E-state index in [4.69, 9.17) is 16.3 Å². The molecule has 2 atom stereocenters. The molecule has 3 heteroatoms. The number of benzene rings is 1. The Hall–Kier alpha value is -0.890. The number of halogens is 1. The highest BCUT2D eigenvalue weighted by Crippen LogP contribution is 2.46. The zero-order valence-corrected chi connectivity index (χ0v) is 10.9. The van der Waals surface area contributed by atoms with E-state index in [0.717, 1.165) is 18.2 Å². The van der Waals surface area contributed by atoms with Gasteiger partial charge in [-0.3, -0.25) is 0 Å². The van der Waals surface area contributed by atoms with Gasteiger partial charge in [-0.15, -0.1) is 0 Å². The summed E-state index contributed by atoms with van der Waals surface area (Å²) in [6.45, 7) is 1.10. The van der Waals surface area contributed by atoms with E-state index in [0.29, 0.717) is 10.9 Å². The zero-order valence-electron chi connectivity index (χ0n) is 10.1. The van der Waals surface area contributed by atoms with Gasteiger partial charge in [-0.2, -0.15) is 0 Å². The maximum atomic E-state index is 6.17. The molecule has 1 heterocycles. The van der Waals surface area contributed by atoms with E-state index < -0.39 is 0 Å². The van der Waals surface area contributed by atoms with Crippen molar-refractivity contribution in [2.24, 2.45) is 5.92 Å². The van der Waals surface area contributed by atoms with Gasteiger partial charge in [0.15, 0.2) is 0 Å². The van der Waals surface area contributed by atoms with Crippen molar-refractivity contribution in [3.05, 3.63) is 22.7 Å². The number of methoxy groups -OCH3 is 1. The molecule has 2 unspecified atom stereocenters. The maximum Gasteiger partial charge on any atom is 0.137 e. The highest BCUT2D eigenvalue weighted by atomic mass is 35.5. The van der Waals surface area contributed by atoms with Crippen molar-refractivity contribution in [3.8, 4) is 5.75 Å². The molecule has 3 rings (SSSR count).